The minimum absolute atomic E-state index is 0.0935. The van der Waals surface area contributed by atoms with Crippen LogP contribution >= 0.6 is 11.6 Å². The molecule has 114 valence electrons. The molecule has 0 bridgehead atoms. The van der Waals surface area contributed by atoms with E-state index in [1.54, 1.807) is 12.1 Å². The first kappa shape index (κ1) is 17.4. The van der Waals surface area contributed by atoms with Crippen molar-refractivity contribution in [2.24, 2.45) is 0 Å². The molecule has 0 saturated carbocycles. The van der Waals surface area contributed by atoms with Crippen LogP contribution in [-0.4, -0.2) is 32.4 Å². The fourth-order valence-electron chi connectivity index (χ4n) is 2.06. The third-order valence-electron chi connectivity index (χ3n) is 2.98. The van der Waals surface area contributed by atoms with Crippen LogP contribution in [0.4, 0.5) is 0 Å². The van der Waals surface area contributed by atoms with Gasteiger partial charge in [-0.3, -0.25) is 0 Å². The molecule has 1 rings (SSSR count). The van der Waals surface area contributed by atoms with Crippen molar-refractivity contribution < 1.29 is 8.42 Å². The van der Waals surface area contributed by atoms with Gasteiger partial charge in [0.25, 0.3) is 0 Å². The molecule has 1 aromatic carbocycles. The normalized spacial score (nSPS) is 12.3. The third-order valence-corrected chi connectivity index (χ3v) is 5.54. The molecule has 0 aliphatic rings. The second kappa shape index (κ2) is 7.41. The zero-order chi connectivity index (χ0) is 15.3. The van der Waals surface area contributed by atoms with Crippen molar-refractivity contribution in [2.75, 3.05) is 13.6 Å². The third kappa shape index (κ3) is 3.95. The van der Waals surface area contributed by atoms with Crippen LogP contribution < -0.4 is 5.32 Å². The minimum Gasteiger partial charge on any atom is -0.316 e. The molecule has 0 atom stereocenters. The number of hydrogen-bond acceptors (Lipinski definition) is 3. The summed E-state index contributed by atoms with van der Waals surface area (Å²) in [5, 5.41) is 3.28. The maximum Gasteiger partial charge on any atom is 0.244 e. The Bertz CT molecular complexity index is 544. The first-order valence-electron chi connectivity index (χ1n) is 6.79. The fourth-order valence-corrected chi connectivity index (χ4v) is 4.32. The maximum absolute atomic E-state index is 12.8. The van der Waals surface area contributed by atoms with E-state index in [4.69, 9.17) is 11.6 Å². The Morgan fingerprint density at radius 3 is 2.50 bits per heavy atom. The van der Waals surface area contributed by atoms with Gasteiger partial charge in [0, 0.05) is 19.1 Å². The van der Waals surface area contributed by atoms with Gasteiger partial charge in [-0.05, 0) is 45.0 Å². The number of hydrogen-bond donors (Lipinski definition) is 1. The maximum atomic E-state index is 12.8. The quantitative estimate of drug-likeness (QED) is 0.841. The van der Waals surface area contributed by atoms with E-state index in [-0.39, 0.29) is 16.0 Å². The summed E-state index contributed by atoms with van der Waals surface area (Å²) in [4.78, 5) is 0.189. The summed E-state index contributed by atoms with van der Waals surface area (Å²) in [7, 11) is -1.74. The number of rotatable bonds is 7. The molecule has 1 aromatic rings. The summed E-state index contributed by atoms with van der Waals surface area (Å²) in [5.74, 6) is 0. The smallest absolute Gasteiger partial charge is 0.244 e. The summed E-state index contributed by atoms with van der Waals surface area (Å²) < 4.78 is 27.0. The van der Waals surface area contributed by atoms with Gasteiger partial charge in [0.05, 0.1) is 5.02 Å². The van der Waals surface area contributed by atoms with E-state index in [2.05, 4.69) is 5.32 Å². The molecule has 1 N–H and O–H groups in total. The van der Waals surface area contributed by atoms with Crippen molar-refractivity contribution in [1.29, 1.82) is 0 Å². The van der Waals surface area contributed by atoms with Crippen LogP contribution in [0.5, 0.6) is 0 Å². The van der Waals surface area contributed by atoms with Crippen molar-refractivity contribution >= 4 is 21.6 Å². The number of halogens is 1. The highest BCUT2D eigenvalue weighted by molar-refractivity contribution is 7.89. The highest BCUT2D eigenvalue weighted by Crippen LogP contribution is 2.27. The van der Waals surface area contributed by atoms with Crippen molar-refractivity contribution in [1.82, 2.24) is 9.62 Å². The van der Waals surface area contributed by atoms with Gasteiger partial charge in [0.15, 0.2) is 0 Å². The number of benzene rings is 1. The van der Waals surface area contributed by atoms with Crippen molar-refractivity contribution in [3.05, 3.63) is 28.8 Å². The van der Waals surface area contributed by atoms with E-state index in [0.717, 1.165) is 12.0 Å². The molecule has 0 spiro atoms. The number of sulfonamides is 1. The Morgan fingerprint density at radius 1 is 1.35 bits per heavy atom. The topological polar surface area (TPSA) is 49.4 Å². The van der Waals surface area contributed by atoms with Crippen LogP contribution in [0.3, 0.4) is 0 Å². The van der Waals surface area contributed by atoms with Gasteiger partial charge in [-0.15, -0.1) is 0 Å². The number of nitrogens with zero attached hydrogens (tertiary/aromatic N) is 1. The molecule has 0 fully saturated rings. The van der Waals surface area contributed by atoms with Crippen LogP contribution in [0.1, 0.15) is 32.8 Å². The summed E-state index contributed by atoms with van der Waals surface area (Å²) in [6, 6.07) is 5.03. The van der Waals surface area contributed by atoms with E-state index in [1.165, 1.54) is 4.31 Å². The van der Waals surface area contributed by atoms with Crippen LogP contribution in [0, 0.1) is 0 Å². The minimum atomic E-state index is -3.56. The summed E-state index contributed by atoms with van der Waals surface area (Å²) in [6.45, 7) is 6.81. The van der Waals surface area contributed by atoms with Crippen LogP contribution in [0.25, 0.3) is 0 Å². The molecule has 6 heteroatoms. The highest BCUT2D eigenvalue weighted by Gasteiger charge is 2.28. The summed E-state index contributed by atoms with van der Waals surface area (Å²) in [5.41, 5.74) is 0.899. The van der Waals surface area contributed by atoms with Crippen molar-refractivity contribution in [3.8, 4) is 0 Å². The van der Waals surface area contributed by atoms with E-state index < -0.39 is 10.0 Å². The van der Waals surface area contributed by atoms with Gasteiger partial charge in [0.1, 0.15) is 4.90 Å². The lowest BCUT2D eigenvalue weighted by molar-refractivity contribution is 0.354. The zero-order valence-corrected chi connectivity index (χ0v) is 14.1. The second-order valence-electron chi connectivity index (χ2n) is 5.00. The Labute approximate surface area is 127 Å². The molecule has 0 aromatic heterocycles. The molecule has 0 saturated heterocycles. The SMILES string of the molecule is CCCN(C(C)C)S(=O)(=O)c1cc(CNC)ccc1Cl. The molecule has 0 heterocycles. The van der Waals surface area contributed by atoms with Gasteiger partial charge < -0.3 is 5.32 Å². The van der Waals surface area contributed by atoms with E-state index >= 15 is 0 Å². The van der Waals surface area contributed by atoms with Gasteiger partial charge in [-0.1, -0.05) is 24.6 Å². The Kier molecular flexibility index (Phi) is 6.45. The van der Waals surface area contributed by atoms with Gasteiger partial charge in [-0.2, -0.15) is 4.31 Å². The van der Waals surface area contributed by atoms with Crippen LogP contribution in [-0.2, 0) is 16.6 Å². The lowest BCUT2D eigenvalue weighted by atomic mass is 10.2. The predicted octanol–water partition coefficient (Wildman–Crippen LogP) is 2.87. The molecular weight excluding hydrogens is 296 g/mol. The molecular formula is C14H23ClN2O2S. The first-order chi connectivity index (χ1) is 9.34. The molecule has 0 aliphatic heterocycles. The standard InChI is InChI=1S/C14H23ClN2O2S/c1-5-8-17(11(2)3)20(18,19)14-9-12(10-16-4)6-7-13(14)15/h6-7,9,11,16H,5,8,10H2,1-4H3. The second-order valence-corrected chi connectivity index (χ2v) is 7.27. The average Bonchev–Trinajstić information content (AvgIpc) is 2.37. The van der Waals surface area contributed by atoms with Crippen molar-refractivity contribution in [3.63, 3.8) is 0 Å². The summed E-state index contributed by atoms with van der Waals surface area (Å²) >= 11 is 6.10. The largest absolute Gasteiger partial charge is 0.316 e. The predicted molar refractivity (Wildman–Crippen MR) is 83.5 cm³/mol. The van der Waals surface area contributed by atoms with Crippen LogP contribution in [0.2, 0.25) is 5.02 Å². The lowest BCUT2D eigenvalue weighted by Crippen LogP contribution is -2.37. The molecule has 4 nitrogen and oxygen atoms in total. The molecule has 0 amide bonds. The van der Waals surface area contributed by atoms with E-state index in [1.807, 2.05) is 33.9 Å². The highest BCUT2D eigenvalue weighted by atomic mass is 35.5. The Hall–Kier alpha value is -0.620. The zero-order valence-electron chi connectivity index (χ0n) is 12.5. The molecule has 0 unspecified atom stereocenters. The van der Waals surface area contributed by atoms with Crippen LogP contribution in [0.15, 0.2) is 23.1 Å². The van der Waals surface area contributed by atoms with Gasteiger partial charge in [-0.25, -0.2) is 8.42 Å². The average molecular weight is 319 g/mol. The monoisotopic (exact) mass is 318 g/mol. The number of nitrogens with one attached hydrogen (secondary N) is 1. The van der Waals surface area contributed by atoms with Crippen molar-refractivity contribution in [2.45, 2.75) is 44.7 Å². The Morgan fingerprint density at radius 2 is 2.00 bits per heavy atom. The van der Waals surface area contributed by atoms with Gasteiger partial charge in [0.2, 0.25) is 10.0 Å². The fraction of sp³-hybridized carbons (Fsp3) is 0.571. The lowest BCUT2D eigenvalue weighted by Gasteiger charge is -2.26. The molecule has 20 heavy (non-hydrogen) atoms. The molecule has 0 aliphatic carbocycles. The Balaban J connectivity index is 3.28. The van der Waals surface area contributed by atoms with E-state index in [0.29, 0.717) is 13.1 Å². The van der Waals surface area contributed by atoms with Gasteiger partial charge >= 0.3 is 0 Å². The molecule has 0 radical (unpaired) electrons. The van der Waals surface area contributed by atoms with E-state index in [9.17, 15) is 8.42 Å². The first-order valence-corrected chi connectivity index (χ1v) is 8.61. The summed E-state index contributed by atoms with van der Waals surface area (Å²) in [6.07, 6.45) is 0.769.